The number of carbonyl (C=O) groups excluding carboxylic acids is 1. The molecule has 2 heterocycles. The van der Waals surface area contributed by atoms with Gasteiger partial charge in [0.2, 0.25) is 0 Å². The summed E-state index contributed by atoms with van der Waals surface area (Å²) in [5.41, 5.74) is 1.08. The van der Waals surface area contributed by atoms with Crippen molar-refractivity contribution in [3.63, 3.8) is 0 Å². The molecule has 1 aromatic carbocycles. The van der Waals surface area contributed by atoms with Crippen LogP contribution in [-0.4, -0.2) is 50.7 Å². The van der Waals surface area contributed by atoms with Crippen molar-refractivity contribution in [3.8, 4) is 5.69 Å². The molecule has 1 aliphatic carbocycles. The van der Waals surface area contributed by atoms with Gasteiger partial charge in [0.1, 0.15) is 5.69 Å². The first-order valence-electron chi connectivity index (χ1n) is 9.78. The summed E-state index contributed by atoms with van der Waals surface area (Å²) in [6, 6.07) is 5.52. The van der Waals surface area contributed by atoms with Gasteiger partial charge in [0, 0.05) is 18.8 Å². The minimum atomic E-state index is -0.214. The number of methoxy groups -OCH3 is 1. The van der Waals surface area contributed by atoms with E-state index in [1.54, 1.807) is 37.7 Å². The van der Waals surface area contributed by atoms with Crippen molar-refractivity contribution in [3.05, 3.63) is 35.6 Å². The number of hydrogen-bond acceptors (Lipinski definition) is 4. The fraction of sp³-hybridized carbons (Fsp3) is 0.550. The lowest BCUT2D eigenvalue weighted by atomic mass is 9.61. The fourth-order valence-electron chi connectivity index (χ4n) is 5.19. The Kier molecular flexibility index (Phi) is 5.05. The van der Waals surface area contributed by atoms with Gasteiger partial charge in [0.05, 0.1) is 29.1 Å². The predicted octanol–water partition coefficient (Wildman–Crippen LogP) is 4.12. The standard InChI is InChI=1S/C20H26ClN5O2/c1-4-18(28-3)20-11-13(2)9-15(12-20)25(20)19(27)24-14-5-6-16(21)17(10-14)26-22-7-8-23-26/h5-8,10,13,15,18H,4,9,11-12H2,1-3H3,(H,24,27)/t13-,15?,18?,20?/m1/s1. The Hall–Kier alpha value is -2.12. The number of halogens is 1. The van der Waals surface area contributed by atoms with E-state index in [1.807, 2.05) is 4.90 Å². The Labute approximate surface area is 170 Å². The summed E-state index contributed by atoms with van der Waals surface area (Å²) in [4.78, 5) is 16.7. The zero-order chi connectivity index (χ0) is 19.9. The number of urea groups is 1. The zero-order valence-electron chi connectivity index (χ0n) is 16.4. The number of benzene rings is 1. The number of amides is 2. The van der Waals surface area contributed by atoms with E-state index in [2.05, 4.69) is 29.4 Å². The Morgan fingerprint density at radius 3 is 2.82 bits per heavy atom. The number of anilines is 1. The van der Waals surface area contributed by atoms with Crippen LogP contribution in [0.15, 0.2) is 30.6 Å². The average Bonchev–Trinajstić information content (AvgIpc) is 3.18. The first kappa shape index (κ1) is 19.2. The summed E-state index contributed by atoms with van der Waals surface area (Å²) < 4.78 is 5.78. The second kappa shape index (κ2) is 7.37. The molecule has 2 bridgehead atoms. The molecule has 1 aromatic heterocycles. The van der Waals surface area contributed by atoms with Gasteiger partial charge < -0.3 is 15.0 Å². The number of piperidine rings is 1. The lowest BCUT2D eigenvalue weighted by Gasteiger charge is -2.65. The number of ether oxygens (including phenoxy) is 1. The number of nitrogens with one attached hydrogen (secondary N) is 1. The molecular formula is C20H26ClN5O2. The van der Waals surface area contributed by atoms with Gasteiger partial charge in [-0.3, -0.25) is 0 Å². The minimum absolute atomic E-state index is 0.0475. The molecule has 1 saturated carbocycles. The summed E-state index contributed by atoms with van der Waals surface area (Å²) >= 11 is 6.28. The molecule has 1 saturated heterocycles. The van der Waals surface area contributed by atoms with Crippen LogP contribution in [0.1, 0.15) is 39.5 Å². The molecule has 150 valence electrons. The molecule has 28 heavy (non-hydrogen) atoms. The van der Waals surface area contributed by atoms with Gasteiger partial charge in [0.15, 0.2) is 0 Å². The van der Waals surface area contributed by atoms with Crippen LogP contribution in [-0.2, 0) is 4.74 Å². The number of fused-ring (bicyclic) bond motifs is 2. The normalized spacial score (nSPS) is 27.2. The van der Waals surface area contributed by atoms with Gasteiger partial charge in [-0.1, -0.05) is 25.4 Å². The largest absolute Gasteiger partial charge is 0.379 e. The fourth-order valence-corrected chi connectivity index (χ4v) is 5.38. The number of carbonyl (C=O) groups is 1. The van der Waals surface area contributed by atoms with E-state index >= 15 is 0 Å². The third-order valence-electron chi connectivity index (χ3n) is 6.12. The zero-order valence-corrected chi connectivity index (χ0v) is 17.2. The summed E-state index contributed by atoms with van der Waals surface area (Å²) in [7, 11) is 1.74. The Morgan fingerprint density at radius 2 is 2.14 bits per heavy atom. The molecule has 0 radical (unpaired) electrons. The van der Waals surface area contributed by atoms with Crippen LogP contribution in [0.4, 0.5) is 10.5 Å². The van der Waals surface area contributed by atoms with Crippen molar-refractivity contribution in [1.82, 2.24) is 19.9 Å². The third kappa shape index (κ3) is 3.06. The molecule has 7 nitrogen and oxygen atoms in total. The highest BCUT2D eigenvalue weighted by molar-refractivity contribution is 6.32. The van der Waals surface area contributed by atoms with Crippen LogP contribution in [0.2, 0.25) is 5.02 Å². The molecule has 3 unspecified atom stereocenters. The van der Waals surface area contributed by atoms with Crippen LogP contribution >= 0.6 is 11.6 Å². The van der Waals surface area contributed by atoms with Crippen LogP contribution in [0.3, 0.4) is 0 Å². The topological polar surface area (TPSA) is 72.3 Å². The Morgan fingerprint density at radius 1 is 1.39 bits per heavy atom. The number of nitrogens with zero attached hydrogens (tertiary/aromatic N) is 4. The molecule has 8 heteroatoms. The maximum atomic E-state index is 13.2. The number of rotatable bonds is 5. The van der Waals surface area contributed by atoms with Gasteiger partial charge >= 0.3 is 6.03 Å². The van der Waals surface area contributed by atoms with E-state index in [-0.39, 0.29) is 23.7 Å². The van der Waals surface area contributed by atoms with Gasteiger partial charge in [-0.05, 0) is 49.8 Å². The summed E-state index contributed by atoms with van der Waals surface area (Å²) in [6.07, 6.45) is 7.14. The second-order valence-corrected chi connectivity index (χ2v) is 8.33. The van der Waals surface area contributed by atoms with E-state index in [4.69, 9.17) is 16.3 Å². The smallest absolute Gasteiger partial charge is 0.322 e. The summed E-state index contributed by atoms with van der Waals surface area (Å²) in [6.45, 7) is 4.38. The quantitative estimate of drug-likeness (QED) is 0.814. The van der Waals surface area contributed by atoms with E-state index in [0.29, 0.717) is 22.3 Å². The number of aromatic nitrogens is 3. The number of likely N-dealkylation sites (tertiary alicyclic amines) is 1. The molecular weight excluding hydrogens is 378 g/mol. The maximum absolute atomic E-state index is 13.2. The van der Waals surface area contributed by atoms with Crippen LogP contribution in [0, 0.1) is 5.92 Å². The summed E-state index contributed by atoms with van der Waals surface area (Å²) in [5, 5.41) is 11.8. The van der Waals surface area contributed by atoms with E-state index < -0.39 is 0 Å². The van der Waals surface area contributed by atoms with Gasteiger partial charge in [0.25, 0.3) is 0 Å². The Bertz CT molecular complexity index is 854. The highest BCUT2D eigenvalue weighted by atomic mass is 35.5. The van der Waals surface area contributed by atoms with Crippen molar-refractivity contribution in [2.24, 2.45) is 5.92 Å². The SMILES string of the molecule is CCC(OC)C12CC(C[C@@H](C)C1)N2C(=O)Nc1ccc(Cl)c(-n2nccn2)c1. The molecule has 2 aromatic rings. The van der Waals surface area contributed by atoms with Gasteiger partial charge in [-0.2, -0.15) is 15.0 Å². The highest BCUT2D eigenvalue weighted by Crippen LogP contribution is 2.53. The molecule has 4 rings (SSSR count). The summed E-state index contributed by atoms with van der Waals surface area (Å²) in [5.74, 6) is 0.597. The molecule has 4 atom stereocenters. The number of hydrogen-bond donors (Lipinski definition) is 1. The first-order chi connectivity index (χ1) is 13.5. The molecule has 2 amide bonds. The van der Waals surface area contributed by atoms with Crippen molar-refractivity contribution in [1.29, 1.82) is 0 Å². The minimum Gasteiger partial charge on any atom is -0.379 e. The van der Waals surface area contributed by atoms with E-state index in [1.165, 1.54) is 4.80 Å². The van der Waals surface area contributed by atoms with Crippen LogP contribution in [0.25, 0.3) is 5.69 Å². The monoisotopic (exact) mass is 403 g/mol. The van der Waals surface area contributed by atoms with Crippen molar-refractivity contribution < 1.29 is 9.53 Å². The molecule has 1 aliphatic heterocycles. The van der Waals surface area contributed by atoms with Crippen LogP contribution < -0.4 is 5.32 Å². The van der Waals surface area contributed by atoms with Crippen molar-refractivity contribution in [2.75, 3.05) is 12.4 Å². The Balaban J connectivity index is 1.58. The van der Waals surface area contributed by atoms with Crippen molar-refractivity contribution in [2.45, 2.75) is 57.2 Å². The third-order valence-corrected chi connectivity index (χ3v) is 6.44. The lowest BCUT2D eigenvalue weighted by molar-refractivity contribution is -0.162. The average molecular weight is 404 g/mol. The molecule has 2 fully saturated rings. The van der Waals surface area contributed by atoms with Gasteiger partial charge in [-0.15, -0.1) is 0 Å². The highest BCUT2D eigenvalue weighted by Gasteiger charge is 2.61. The molecule has 1 N–H and O–H groups in total. The van der Waals surface area contributed by atoms with E-state index in [0.717, 1.165) is 25.7 Å². The lowest BCUT2D eigenvalue weighted by Crippen LogP contribution is -2.76. The van der Waals surface area contributed by atoms with Crippen molar-refractivity contribution >= 4 is 23.3 Å². The first-order valence-corrected chi connectivity index (χ1v) is 10.2. The maximum Gasteiger partial charge on any atom is 0.322 e. The second-order valence-electron chi connectivity index (χ2n) is 7.92. The molecule has 2 aliphatic rings. The molecule has 0 spiro atoms. The van der Waals surface area contributed by atoms with E-state index in [9.17, 15) is 4.79 Å². The van der Waals surface area contributed by atoms with Crippen LogP contribution in [0.5, 0.6) is 0 Å². The van der Waals surface area contributed by atoms with Gasteiger partial charge in [-0.25, -0.2) is 4.79 Å². The predicted molar refractivity (Wildman–Crippen MR) is 108 cm³/mol.